The molecule has 0 unspecified atom stereocenters. The first-order valence-corrected chi connectivity index (χ1v) is 3.93. The van der Waals surface area contributed by atoms with Crippen molar-refractivity contribution in [2.75, 3.05) is 7.05 Å². The van der Waals surface area contributed by atoms with Gasteiger partial charge in [0.05, 0.1) is 0 Å². The first-order chi connectivity index (χ1) is 5.22. The maximum Gasteiger partial charge on any atom is 0.228 e. The molecule has 0 aromatic rings. The molecule has 66 valence electrons. The highest BCUT2D eigenvalue weighted by Gasteiger charge is 2.03. The van der Waals surface area contributed by atoms with Crippen LogP contribution in [0.5, 0.6) is 0 Å². The summed E-state index contributed by atoms with van der Waals surface area (Å²) in [4.78, 5) is 21.7. The predicted molar refractivity (Wildman–Crippen MR) is 45.1 cm³/mol. The molecule has 3 nitrogen and oxygen atoms in total. The van der Waals surface area contributed by atoms with Gasteiger partial charge in [0.2, 0.25) is 12.3 Å². The first-order valence-electron chi connectivity index (χ1n) is 3.93. The molecule has 0 N–H and O–H groups in total. The minimum atomic E-state index is -0.118. The van der Waals surface area contributed by atoms with Gasteiger partial charge in [-0.2, -0.15) is 0 Å². The smallest absolute Gasteiger partial charge is 0.228 e. The van der Waals surface area contributed by atoms with Gasteiger partial charge >= 0.3 is 0 Å². The molecule has 0 atom stereocenters. The van der Waals surface area contributed by atoms with Crippen LogP contribution < -0.4 is 0 Å². The van der Waals surface area contributed by atoms with Gasteiger partial charge in [-0.3, -0.25) is 14.5 Å². The molecular formula is C8H17NO2. The number of hydrogen-bond acceptors (Lipinski definition) is 2. The van der Waals surface area contributed by atoms with E-state index in [-0.39, 0.29) is 5.91 Å². The Bertz CT molecular complexity index is 113. The van der Waals surface area contributed by atoms with E-state index in [2.05, 4.69) is 0 Å². The summed E-state index contributed by atoms with van der Waals surface area (Å²) in [6.45, 7) is 5.90. The van der Waals surface area contributed by atoms with Crippen molar-refractivity contribution in [2.24, 2.45) is 0 Å². The number of rotatable bonds is 3. The summed E-state index contributed by atoms with van der Waals surface area (Å²) in [5.41, 5.74) is 0. The Labute approximate surface area is 68.4 Å². The lowest BCUT2D eigenvalue weighted by Crippen LogP contribution is -2.24. The summed E-state index contributed by atoms with van der Waals surface area (Å²) < 4.78 is 0. The highest BCUT2D eigenvalue weighted by atomic mass is 16.2. The van der Waals surface area contributed by atoms with Crippen molar-refractivity contribution in [1.29, 1.82) is 0 Å². The maximum atomic E-state index is 10.7. The SMILES string of the molecule is CC.CCCC(=O)N(C)C=O. The number of imide groups is 1. The van der Waals surface area contributed by atoms with Crippen molar-refractivity contribution in [2.45, 2.75) is 33.6 Å². The molecule has 0 heterocycles. The summed E-state index contributed by atoms with van der Waals surface area (Å²) >= 11 is 0. The molecule has 0 spiro atoms. The van der Waals surface area contributed by atoms with Gasteiger partial charge in [0, 0.05) is 13.5 Å². The molecule has 0 aliphatic heterocycles. The van der Waals surface area contributed by atoms with E-state index in [0.717, 1.165) is 11.3 Å². The molecule has 0 fully saturated rings. The zero-order valence-corrected chi connectivity index (χ0v) is 7.76. The fourth-order valence-electron chi connectivity index (χ4n) is 0.449. The van der Waals surface area contributed by atoms with Gasteiger partial charge in [-0.15, -0.1) is 0 Å². The van der Waals surface area contributed by atoms with Crippen molar-refractivity contribution in [3.8, 4) is 0 Å². The third-order valence-electron chi connectivity index (χ3n) is 1.02. The Morgan fingerprint density at radius 2 is 1.91 bits per heavy atom. The number of carbonyl (C=O) groups is 2. The summed E-state index contributed by atoms with van der Waals surface area (Å²) in [5, 5.41) is 0. The van der Waals surface area contributed by atoms with Crippen LogP contribution in [0.4, 0.5) is 0 Å². The Kier molecular flexibility index (Phi) is 10.6. The minimum absolute atomic E-state index is 0.118. The second-order valence-electron chi connectivity index (χ2n) is 1.86. The molecular weight excluding hydrogens is 142 g/mol. The highest BCUT2D eigenvalue weighted by Crippen LogP contribution is 1.90. The van der Waals surface area contributed by atoms with Crippen LogP contribution in [0, 0.1) is 0 Å². The Morgan fingerprint density at radius 3 is 2.18 bits per heavy atom. The average molecular weight is 159 g/mol. The molecule has 11 heavy (non-hydrogen) atoms. The van der Waals surface area contributed by atoms with Crippen LogP contribution in [-0.2, 0) is 9.59 Å². The van der Waals surface area contributed by atoms with E-state index >= 15 is 0 Å². The van der Waals surface area contributed by atoms with E-state index in [1.807, 2.05) is 20.8 Å². The van der Waals surface area contributed by atoms with Gasteiger partial charge in [0.15, 0.2) is 0 Å². The summed E-state index contributed by atoms with van der Waals surface area (Å²) in [6, 6.07) is 0. The monoisotopic (exact) mass is 159 g/mol. The summed E-state index contributed by atoms with van der Waals surface area (Å²) in [7, 11) is 1.46. The van der Waals surface area contributed by atoms with E-state index in [4.69, 9.17) is 0 Å². The summed E-state index contributed by atoms with van der Waals surface area (Å²) in [5.74, 6) is -0.118. The highest BCUT2D eigenvalue weighted by molar-refractivity contribution is 5.85. The van der Waals surface area contributed by atoms with E-state index in [1.54, 1.807) is 0 Å². The van der Waals surface area contributed by atoms with Gasteiger partial charge in [-0.1, -0.05) is 20.8 Å². The molecule has 0 rings (SSSR count). The molecule has 0 aromatic heterocycles. The van der Waals surface area contributed by atoms with E-state index in [1.165, 1.54) is 7.05 Å². The zero-order valence-electron chi connectivity index (χ0n) is 7.76. The molecule has 0 saturated carbocycles. The van der Waals surface area contributed by atoms with Gasteiger partial charge < -0.3 is 0 Å². The topological polar surface area (TPSA) is 37.4 Å². The fourth-order valence-corrected chi connectivity index (χ4v) is 0.449. The van der Waals surface area contributed by atoms with Crippen molar-refractivity contribution < 1.29 is 9.59 Å². The van der Waals surface area contributed by atoms with Crippen LogP contribution in [-0.4, -0.2) is 24.3 Å². The van der Waals surface area contributed by atoms with E-state index in [9.17, 15) is 9.59 Å². The van der Waals surface area contributed by atoms with Crippen LogP contribution in [0.3, 0.4) is 0 Å². The van der Waals surface area contributed by atoms with E-state index < -0.39 is 0 Å². The second kappa shape index (κ2) is 9.14. The van der Waals surface area contributed by atoms with Crippen molar-refractivity contribution in [3.63, 3.8) is 0 Å². The number of nitrogens with zero attached hydrogens (tertiary/aromatic N) is 1. The first kappa shape index (κ1) is 12.8. The van der Waals surface area contributed by atoms with Crippen molar-refractivity contribution >= 4 is 12.3 Å². The molecule has 0 radical (unpaired) electrons. The quantitative estimate of drug-likeness (QED) is 0.584. The second-order valence-corrected chi connectivity index (χ2v) is 1.86. The van der Waals surface area contributed by atoms with Gasteiger partial charge in [-0.25, -0.2) is 0 Å². The number of amides is 2. The molecule has 2 amide bonds. The molecule has 0 bridgehead atoms. The van der Waals surface area contributed by atoms with E-state index in [0.29, 0.717) is 12.8 Å². The lowest BCUT2D eigenvalue weighted by molar-refractivity contribution is -0.136. The van der Waals surface area contributed by atoms with Crippen LogP contribution in [0.1, 0.15) is 33.6 Å². The number of carbonyl (C=O) groups excluding carboxylic acids is 2. The third-order valence-corrected chi connectivity index (χ3v) is 1.02. The molecule has 0 aliphatic rings. The Balaban J connectivity index is 0. The molecule has 0 aliphatic carbocycles. The average Bonchev–Trinajstić information content (AvgIpc) is 2.07. The number of hydrogen-bond donors (Lipinski definition) is 0. The lowest BCUT2D eigenvalue weighted by Gasteiger charge is -2.05. The summed E-state index contributed by atoms with van der Waals surface area (Å²) in [6.07, 6.45) is 1.77. The van der Waals surface area contributed by atoms with Crippen LogP contribution in [0.2, 0.25) is 0 Å². The zero-order chi connectivity index (χ0) is 9.28. The van der Waals surface area contributed by atoms with Crippen LogP contribution in [0.25, 0.3) is 0 Å². The minimum Gasteiger partial charge on any atom is -0.288 e. The molecule has 0 aromatic carbocycles. The van der Waals surface area contributed by atoms with Crippen molar-refractivity contribution in [1.82, 2.24) is 4.90 Å². The fraction of sp³-hybridized carbons (Fsp3) is 0.750. The lowest BCUT2D eigenvalue weighted by atomic mass is 10.3. The molecule has 3 heteroatoms. The van der Waals surface area contributed by atoms with Gasteiger partial charge in [0.1, 0.15) is 0 Å². The predicted octanol–water partition coefficient (Wildman–Crippen LogP) is 1.43. The normalized spacial score (nSPS) is 7.64. The Hall–Kier alpha value is -0.860. The van der Waals surface area contributed by atoms with Gasteiger partial charge in [-0.05, 0) is 6.42 Å². The maximum absolute atomic E-state index is 10.7. The largest absolute Gasteiger partial charge is 0.288 e. The standard InChI is InChI=1S/C6H11NO2.C2H6/c1-3-4-6(9)7(2)5-8;1-2/h5H,3-4H2,1-2H3;1-2H3. The van der Waals surface area contributed by atoms with Crippen LogP contribution >= 0.6 is 0 Å². The van der Waals surface area contributed by atoms with Gasteiger partial charge in [0.25, 0.3) is 0 Å². The Morgan fingerprint density at radius 1 is 1.45 bits per heavy atom. The third kappa shape index (κ3) is 7.03. The molecule has 0 saturated heterocycles. The van der Waals surface area contributed by atoms with Crippen molar-refractivity contribution in [3.05, 3.63) is 0 Å². The van der Waals surface area contributed by atoms with Crippen LogP contribution in [0.15, 0.2) is 0 Å².